The van der Waals surface area contributed by atoms with Crippen molar-refractivity contribution in [3.63, 3.8) is 0 Å². The number of benzene rings is 2. The highest BCUT2D eigenvalue weighted by atomic mass is 35.5. The number of hydrogen-bond donors (Lipinski definition) is 1. The summed E-state index contributed by atoms with van der Waals surface area (Å²) in [4.78, 5) is 26.9. The Balaban J connectivity index is 1.48. The molecule has 1 unspecified atom stereocenters. The highest BCUT2D eigenvalue weighted by molar-refractivity contribution is 6.42. The summed E-state index contributed by atoms with van der Waals surface area (Å²) in [5.74, 6) is 0.358. The normalized spacial score (nSPS) is 16.5. The predicted octanol–water partition coefficient (Wildman–Crippen LogP) is 4.04. The lowest BCUT2D eigenvalue weighted by atomic mass is 9.96. The second kappa shape index (κ2) is 9.80. The number of halogens is 2. The average molecular weight is 421 g/mol. The van der Waals surface area contributed by atoms with E-state index in [1.807, 2.05) is 30.3 Å². The smallest absolute Gasteiger partial charge is 0.253 e. The first-order valence-corrected chi connectivity index (χ1v) is 10.00. The quantitative estimate of drug-likeness (QED) is 0.717. The van der Waals surface area contributed by atoms with Crippen molar-refractivity contribution in [2.75, 3.05) is 26.2 Å². The van der Waals surface area contributed by atoms with Crippen LogP contribution >= 0.6 is 23.2 Å². The minimum absolute atomic E-state index is 0.0525. The molecule has 1 N–H and O–H groups in total. The van der Waals surface area contributed by atoms with Crippen LogP contribution in [-0.2, 0) is 4.79 Å². The molecule has 1 heterocycles. The summed E-state index contributed by atoms with van der Waals surface area (Å²) in [6.07, 6.45) is 1.54. The van der Waals surface area contributed by atoms with Crippen LogP contribution in [-0.4, -0.2) is 43.0 Å². The third kappa shape index (κ3) is 5.40. The average Bonchev–Trinajstić information content (AvgIpc) is 2.73. The zero-order valence-electron chi connectivity index (χ0n) is 15.4. The molecular weight excluding hydrogens is 399 g/mol. The molecule has 0 bridgehead atoms. The minimum Gasteiger partial charge on any atom is -0.492 e. The van der Waals surface area contributed by atoms with Crippen LogP contribution in [0.25, 0.3) is 0 Å². The molecule has 1 aliphatic rings. The van der Waals surface area contributed by atoms with Crippen LogP contribution in [0.3, 0.4) is 0 Å². The first-order valence-electron chi connectivity index (χ1n) is 9.24. The van der Waals surface area contributed by atoms with Gasteiger partial charge in [0, 0.05) is 18.7 Å². The van der Waals surface area contributed by atoms with Crippen LogP contribution in [0.1, 0.15) is 23.2 Å². The monoisotopic (exact) mass is 420 g/mol. The third-order valence-corrected chi connectivity index (χ3v) is 5.40. The van der Waals surface area contributed by atoms with Crippen LogP contribution < -0.4 is 10.1 Å². The molecule has 0 spiro atoms. The summed E-state index contributed by atoms with van der Waals surface area (Å²) in [6.45, 7) is 1.84. The van der Waals surface area contributed by atoms with Crippen LogP contribution in [0.4, 0.5) is 0 Å². The first kappa shape index (κ1) is 20.5. The summed E-state index contributed by atoms with van der Waals surface area (Å²) in [6, 6.07) is 14.3. The van der Waals surface area contributed by atoms with E-state index in [1.165, 1.54) is 0 Å². The number of carbonyl (C=O) groups is 2. The lowest BCUT2D eigenvalue weighted by Gasteiger charge is -2.32. The molecule has 1 aliphatic heterocycles. The van der Waals surface area contributed by atoms with Crippen LogP contribution in [0.2, 0.25) is 10.0 Å². The van der Waals surface area contributed by atoms with Gasteiger partial charge in [-0.3, -0.25) is 9.59 Å². The molecule has 0 radical (unpaired) electrons. The van der Waals surface area contributed by atoms with Crippen molar-refractivity contribution in [2.24, 2.45) is 5.92 Å². The Labute approximate surface area is 174 Å². The second-order valence-electron chi connectivity index (χ2n) is 6.67. The van der Waals surface area contributed by atoms with E-state index >= 15 is 0 Å². The molecule has 2 amide bonds. The van der Waals surface area contributed by atoms with Gasteiger partial charge in [0.15, 0.2) is 0 Å². The number of nitrogens with one attached hydrogen (secondary N) is 1. The summed E-state index contributed by atoms with van der Waals surface area (Å²) in [5, 5.41) is 3.65. The van der Waals surface area contributed by atoms with E-state index in [1.54, 1.807) is 23.1 Å². The number of piperidine rings is 1. The van der Waals surface area contributed by atoms with Crippen molar-refractivity contribution < 1.29 is 14.3 Å². The van der Waals surface area contributed by atoms with Gasteiger partial charge in [0.05, 0.1) is 22.5 Å². The number of nitrogens with zero attached hydrogens (tertiary/aromatic N) is 1. The Morgan fingerprint density at radius 3 is 2.64 bits per heavy atom. The SMILES string of the molecule is O=C(NCCOc1ccccc1)C1CCCN(C(=O)c2ccc(Cl)c(Cl)c2)C1. The van der Waals surface area contributed by atoms with E-state index < -0.39 is 0 Å². The zero-order valence-corrected chi connectivity index (χ0v) is 16.9. The molecule has 7 heteroatoms. The highest BCUT2D eigenvalue weighted by Crippen LogP contribution is 2.25. The fourth-order valence-corrected chi connectivity index (χ4v) is 3.49. The second-order valence-corrected chi connectivity index (χ2v) is 7.49. The number of rotatable bonds is 6. The molecule has 2 aromatic rings. The fraction of sp³-hybridized carbons (Fsp3) is 0.333. The van der Waals surface area contributed by atoms with Gasteiger partial charge in [-0.05, 0) is 43.2 Å². The van der Waals surface area contributed by atoms with Crippen LogP contribution in [0, 0.1) is 5.92 Å². The maximum Gasteiger partial charge on any atom is 0.253 e. The van der Waals surface area contributed by atoms with Gasteiger partial charge in [-0.25, -0.2) is 0 Å². The summed E-state index contributed by atoms with van der Waals surface area (Å²) in [5.41, 5.74) is 0.478. The molecule has 1 saturated heterocycles. The first-order chi connectivity index (χ1) is 13.5. The molecular formula is C21H22Cl2N2O3. The predicted molar refractivity (Wildman–Crippen MR) is 110 cm³/mol. The van der Waals surface area contributed by atoms with Gasteiger partial charge < -0.3 is 15.0 Å². The van der Waals surface area contributed by atoms with E-state index in [0.717, 1.165) is 18.6 Å². The highest BCUT2D eigenvalue weighted by Gasteiger charge is 2.29. The molecule has 148 valence electrons. The Kier molecular flexibility index (Phi) is 7.18. The largest absolute Gasteiger partial charge is 0.492 e. The maximum absolute atomic E-state index is 12.7. The van der Waals surface area contributed by atoms with E-state index in [9.17, 15) is 9.59 Å². The fourth-order valence-electron chi connectivity index (χ4n) is 3.19. The van der Waals surface area contributed by atoms with Gasteiger partial charge in [0.2, 0.25) is 5.91 Å². The minimum atomic E-state index is -0.225. The van der Waals surface area contributed by atoms with Crippen LogP contribution in [0.15, 0.2) is 48.5 Å². The lowest BCUT2D eigenvalue weighted by Crippen LogP contribution is -2.46. The molecule has 0 aromatic heterocycles. The van der Waals surface area contributed by atoms with Gasteiger partial charge >= 0.3 is 0 Å². The van der Waals surface area contributed by atoms with Crippen molar-refractivity contribution in [3.05, 3.63) is 64.1 Å². The number of para-hydroxylation sites is 1. The maximum atomic E-state index is 12.7. The number of carbonyl (C=O) groups excluding carboxylic acids is 2. The summed E-state index contributed by atoms with van der Waals surface area (Å²) >= 11 is 11.9. The Hall–Kier alpha value is -2.24. The van der Waals surface area contributed by atoms with Gasteiger partial charge in [-0.1, -0.05) is 41.4 Å². The van der Waals surface area contributed by atoms with Gasteiger partial charge in [-0.15, -0.1) is 0 Å². The topological polar surface area (TPSA) is 58.6 Å². The molecule has 5 nitrogen and oxygen atoms in total. The molecule has 1 atom stereocenters. The Bertz CT molecular complexity index is 830. The third-order valence-electron chi connectivity index (χ3n) is 4.66. The molecule has 0 saturated carbocycles. The van der Waals surface area contributed by atoms with Crippen molar-refractivity contribution in [2.45, 2.75) is 12.8 Å². The standard InChI is InChI=1S/C21H22Cl2N2O3/c22-18-9-8-15(13-19(18)23)21(27)25-11-4-5-16(14-25)20(26)24-10-12-28-17-6-2-1-3-7-17/h1-3,6-9,13,16H,4-5,10-12,14H2,(H,24,26). The number of amides is 2. The Morgan fingerprint density at radius 2 is 1.89 bits per heavy atom. The van der Waals surface area contributed by atoms with Gasteiger partial charge in [0.25, 0.3) is 5.91 Å². The van der Waals surface area contributed by atoms with Crippen LogP contribution in [0.5, 0.6) is 5.75 Å². The molecule has 3 rings (SSSR count). The number of ether oxygens (including phenoxy) is 1. The molecule has 0 aliphatic carbocycles. The summed E-state index contributed by atoms with van der Waals surface area (Å²) < 4.78 is 5.58. The molecule has 1 fully saturated rings. The lowest BCUT2D eigenvalue weighted by molar-refractivity contribution is -0.126. The van der Waals surface area contributed by atoms with Crippen molar-refractivity contribution in [3.8, 4) is 5.75 Å². The van der Waals surface area contributed by atoms with E-state index in [2.05, 4.69) is 5.32 Å². The number of hydrogen-bond acceptors (Lipinski definition) is 3. The number of likely N-dealkylation sites (tertiary alicyclic amines) is 1. The zero-order chi connectivity index (χ0) is 19.9. The van der Waals surface area contributed by atoms with E-state index in [-0.39, 0.29) is 17.7 Å². The van der Waals surface area contributed by atoms with Crippen molar-refractivity contribution >= 4 is 35.0 Å². The Morgan fingerprint density at radius 1 is 1.11 bits per heavy atom. The van der Waals surface area contributed by atoms with Gasteiger partial charge in [0.1, 0.15) is 12.4 Å². The van der Waals surface area contributed by atoms with Crippen molar-refractivity contribution in [1.82, 2.24) is 10.2 Å². The molecule has 2 aromatic carbocycles. The van der Waals surface area contributed by atoms with E-state index in [4.69, 9.17) is 27.9 Å². The summed E-state index contributed by atoms with van der Waals surface area (Å²) in [7, 11) is 0. The van der Waals surface area contributed by atoms with E-state index in [0.29, 0.717) is 41.8 Å². The van der Waals surface area contributed by atoms with Gasteiger partial charge in [-0.2, -0.15) is 0 Å². The van der Waals surface area contributed by atoms with Crippen molar-refractivity contribution in [1.29, 1.82) is 0 Å². The molecule has 28 heavy (non-hydrogen) atoms.